The molecule has 0 radical (unpaired) electrons. The summed E-state index contributed by atoms with van der Waals surface area (Å²) in [6, 6.07) is 5.46. The number of nitrogen functional groups attached to an aromatic ring is 1. The summed E-state index contributed by atoms with van der Waals surface area (Å²) < 4.78 is 17.7. The van der Waals surface area contributed by atoms with E-state index in [1.165, 1.54) is 4.90 Å². The number of aryl methyl sites for hydroxylation is 2. The van der Waals surface area contributed by atoms with Gasteiger partial charge in [-0.1, -0.05) is 11.6 Å². The molecule has 7 nitrogen and oxygen atoms in total. The van der Waals surface area contributed by atoms with Gasteiger partial charge in [0.2, 0.25) is 0 Å². The number of benzene rings is 1. The number of carbonyl (C=O) groups is 1. The quantitative estimate of drug-likeness (QED) is 0.527. The number of fused-ring (bicyclic) bond motifs is 2. The van der Waals surface area contributed by atoms with Crippen LogP contribution in [0.15, 0.2) is 24.4 Å². The molecule has 1 spiro atoms. The zero-order valence-electron chi connectivity index (χ0n) is 19.7. The lowest BCUT2D eigenvalue weighted by atomic mass is 9.80. The van der Waals surface area contributed by atoms with Crippen LogP contribution < -0.4 is 11.1 Å². The summed E-state index contributed by atoms with van der Waals surface area (Å²) in [7, 11) is 3.12. The fraction of sp³-hybridized carbons (Fsp3) is 0.400. The second kappa shape index (κ2) is 7.98. The van der Waals surface area contributed by atoms with Crippen LogP contribution in [0.3, 0.4) is 0 Å². The van der Waals surface area contributed by atoms with Crippen molar-refractivity contribution in [3.63, 3.8) is 0 Å². The molecule has 2 aromatic heterocycles. The van der Waals surface area contributed by atoms with Crippen LogP contribution in [-0.2, 0) is 5.41 Å². The predicted molar refractivity (Wildman–Crippen MR) is 132 cm³/mol. The highest BCUT2D eigenvalue weighted by atomic mass is 35.5. The van der Waals surface area contributed by atoms with E-state index >= 15 is 4.39 Å². The molecule has 1 aliphatic heterocycles. The summed E-state index contributed by atoms with van der Waals surface area (Å²) in [4.78, 5) is 18.5. The van der Waals surface area contributed by atoms with Crippen LogP contribution in [0, 0.1) is 19.7 Å². The van der Waals surface area contributed by atoms with Crippen molar-refractivity contribution in [2.45, 2.75) is 44.6 Å². The number of aromatic nitrogens is 3. The average Bonchev–Trinajstić information content (AvgIpc) is 3.47. The molecular weight excluding hydrogens is 455 g/mol. The third kappa shape index (κ3) is 3.35. The standard InChI is InChI=1S/C25H28ClFN6O/c1-13-9-14(2)33(31-13)15-7-8-25(10-15)12-30-23-20(25)21(26)17(11-29-23)16-5-6-18(28)19(22(16)27)24(34)32(3)4/h5-6,9,11,15H,7-8,10,12,28H2,1-4H3,(H,29,30)/t15-,25-/m1/s1. The zero-order valence-corrected chi connectivity index (χ0v) is 20.5. The zero-order chi connectivity index (χ0) is 24.4. The highest BCUT2D eigenvalue weighted by Gasteiger charge is 2.48. The van der Waals surface area contributed by atoms with Gasteiger partial charge in [0.25, 0.3) is 5.91 Å². The summed E-state index contributed by atoms with van der Waals surface area (Å²) in [6.07, 6.45) is 4.34. The van der Waals surface area contributed by atoms with Gasteiger partial charge in [0.15, 0.2) is 0 Å². The molecule has 5 rings (SSSR count). The van der Waals surface area contributed by atoms with E-state index in [4.69, 9.17) is 22.4 Å². The number of hydrogen-bond donors (Lipinski definition) is 2. The first kappa shape index (κ1) is 22.7. The summed E-state index contributed by atoms with van der Waals surface area (Å²) >= 11 is 7.00. The molecule has 1 aromatic carbocycles. The van der Waals surface area contributed by atoms with Gasteiger partial charge in [0.05, 0.1) is 22.3 Å². The van der Waals surface area contributed by atoms with Crippen LogP contribution in [0.4, 0.5) is 15.9 Å². The first-order valence-corrected chi connectivity index (χ1v) is 11.8. The number of nitrogens with zero attached hydrogens (tertiary/aromatic N) is 4. The Morgan fingerprint density at radius 1 is 1.32 bits per heavy atom. The molecule has 2 aliphatic rings. The third-order valence-electron chi connectivity index (χ3n) is 7.20. The number of anilines is 2. The Labute approximate surface area is 203 Å². The number of pyridine rings is 1. The largest absolute Gasteiger partial charge is 0.398 e. The van der Waals surface area contributed by atoms with Crippen LogP contribution in [0.25, 0.3) is 11.1 Å². The smallest absolute Gasteiger partial charge is 0.258 e. The molecule has 178 valence electrons. The lowest BCUT2D eigenvalue weighted by molar-refractivity contribution is 0.0824. The van der Waals surface area contributed by atoms with Gasteiger partial charge in [0.1, 0.15) is 11.6 Å². The Balaban J connectivity index is 1.58. The van der Waals surface area contributed by atoms with Crippen molar-refractivity contribution >= 4 is 29.0 Å². The number of hydrogen-bond acceptors (Lipinski definition) is 5. The molecule has 2 atom stereocenters. The van der Waals surface area contributed by atoms with E-state index in [9.17, 15) is 4.79 Å². The molecule has 9 heteroatoms. The molecule has 3 N–H and O–H groups in total. The minimum atomic E-state index is -0.686. The monoisotopic (exact) mass is 482 g/mol. The van der Waals surface area contributed by atoms with Gasteiger partial charge >= 0.3 is 0 Å². The van der Waals surface area contributed by atoms with Crippen LogP contribution in [0.5, 0.6) is 0 Å². The van der Waals surface area contributed by atoms with Gasteiger partial charge in [-0.25, -0.2) is 9.37 Å². The van der Waals surface area contributed by atoms with Crippen molar-refractivity contribution in [1.82, 2.24) is 19.7 Å². The maximum atomic E-state index is 15.6. The number of halogens is 2. The molecule has 1 aliphatic carbocycles. The van der Waals surface area contributed by atoms with Gasteiger partial charge in [-0.05, 0) is 51.3 Å². The summed E-state index contributed by atoms with van der Waals surface area (Å²) in [5.74, 6) is -0.443. The van der Waals surface area contributed by atoms with E-state index in [0.29, 0.717) is 10.6 Å². The van der Waals surface area contributed by atoms with Crippen molar-refractivity contribution in [2.24, 2.45) is 0 Å². The Morgan fingerprint density at radius 2 is 2.09 bits per heavy atom. The van der Waals surface area contributed by atoms with Crippen molar-refractivity contribution in [1.29, 1.82) is 0 Å². The van der Waals surface area contributed by atoms with E-state index < -0.39 is 11.7 Å². The van der Waals surface area contributed by atoms with E-state index in [1.54, 1.807) is 32.4 Å². The van der Waals surface area contributed by atoms with Gasteiger partial charge in [-0.2, -0.15) is 5.10 Å². The maximum absolute atomic E-state index is 15.6. The molecule has 0 unspecified atom stereocenters. The van der Waals surface area contributed by atoms with Gasteiger partial charge < -0.3 is 16.0 Å². The molecule has 3 heterocycles. The molecule has 1 amide bonds. The Bertz CT molecular complexity index is 1320. The Hall–Kier alpha value is -3.13. The van der Waals surface area contributed by atoms with Crippen molar-refractivity contribution < 1.29 is 9.18 Å². The molecule has 1 saturated carbocycles. The molecule has 0 saturated heterocycles. The second-order valence-electron chi connectivity index (χ2n) is 9.70. The Morgan fingerprint density at radius 3 is 2.76 bits per heavy atom. The van der Waals surface area contributed by atoms with Crippen LogP contribution in [0.1, 0.15) is 52.6 Å². The number of nitrogens with two attached hydrogens (primary N) is 1. The highest BCUT2D eigenvalue weighted by Crippen LogP contribution is 2.54. The van der Waals surface area contributed by atoms with Crippen LogP contribution in [0.2, 0.25) is 5.02 Å². The average molecular weight is 483 g/mol. The fourth-order valence-corrected chi connectivity index (χ4v) is 6.03. The van der Waals surface area contributed by atoms with Gasteiger partial charge in [0, 0.05) is 60.3 Å². The van der Waals surface area contributed by atoms with E-state index in [2.05, 4.69) is 28.0 Å². The van der Waals surface area contributed by atoms with Crippen molar-refractivity contribution in [2.75, 3.05) is 31.7 Å². The summed E-state index contributed by atoms with van der Waals surface area (Å²) in [6.45, 7) is 4.81. The Kier molecular flexibility index (Phi) is 5.31. The molecule has 1 fully saturated rings. The summed E-state index contributed by atoms with van der Waals surface area (Å²) in [5, 5.41) is 8.58. The SMILES string of the molecule is Cc1cc(C)n([C@@H]2CC[C@]3(CNc4ncc(-c5ccc(N)c(C(=O)N(C)C)c5F)c(Cl)c43)C2)n1. The predicted octanol–water partition coefficient (Wildman–Crippen LogP) is 4.73. The normalized spacial score (nSPS) is 21.1. The van der Waals surface area contributed by atoms with Gasteiger partial charge in [-0.3, -0.25) is 9.48 Å². The number of carbonyl (C=O) groups excluding carboxylic acids is 1. The van der Waals surface area contributed by atoms with E-state index in [1.807, 2.05) is 6.92 Å². The minimum Gasteiger partial charge on any atom is -0.398 e. The third-order valence-corrected chi connectivity index (χ3v) is 7.59. The number of nitrogens with one attached hydrogen (secondary N) is 1. The summed E-state index contributed by atoms with van der Waals surface area (Å²) in [5.41, 5.74) is 9.44. The van der Waals surface area contributed by atoms with Crippen molar-refractivity contribution in [3.8, 4) is 11.1 Å². The fourth-order valence-electron chi connectivity index (χ4n) is 5.59. The van der Waals surface area contributed by atoms with Gasteiger partial charge in [-0.15, -0.1) is 0 Å². The lowest BCUT2D eigenvalue weighted by Gasteiger charge is -2.25. The second-order valence-corrected chi connectivity index (χ2v) is 10.1. The van der Waals surface area contributed by atoms with Crippen LogP contribution >= 0.6 is 11.6 Å². The maximum Gasteiger partial charge on any atom is 0.258 e. The van der Waals surface area contributed by atoms with E-state index in [-0.39, 0.29) is 28.3 Å². The molecule has 0 bridgehead atoms. The molecular formula is C25H28ClFN6O. The minimum absolute atomic E-state index is 0.0897. The first-order chi connectivity index (χ1) is 16.1. The van der Waals surface area contributed by atoms with E-state index in [0.717, 1.165) is 48.6 Å². The lowest BCUT2D eigenvalue weighted by Crippen LogP contribution is -2.26. The first-order valence-electron chi connectivity index (χ1n) is 11.4. The van der Waals surface area contributed by atoms with Crippen LogP contribution in [-0.4, -0.2) is 46.2 Å². The number of amides is 1. The molecule has 34 heavy (non-hydrogen) atoms. The highest BCUT2D eigenvalue weighted by molar-refractivity contribution is 6.34. The molecule has 3 aromatic rings. The number of rotatable bonds is 3. The van der Waals surface area contributed by atoms with Crippen molar-refractivity contribution in [3.05, 3.63) is 57.8 Å². The topological polar surface area (TPSA) is 89.1 Å².